The SMILES string of the molecule is O=S(=O)(c1ccccc1)n1cc(Cc2ccc(NCc3cnccc3Cl)nc2)c2cccnc21. The fourth-order valence-corrected chi connectivity index (χ4v) is 5.24. The molecule has 0 aliphatic rings. The van der Waals surface area contributed by atoms with Crippen LogP contribution in [0.5, 0.6) is 0 Å². The largest absolute Gasteiger partial charge is 0.366 e. The van der Waals surface area contributed by atoms with Crippen LogP contribution in [0.3, 0.4) is 0 Å². The summed E-state index contributed by atoms with van der Waals surface area (Å²) in [4.78, 5) is 13.1. The topological polar surface area (TPSA) is 89.8 Å². The first-order valence-electron chi connectivity index (χ1n) is 10.5. The van der Waals surface area contributed by atoms with E-state index in [4.69, 9.17) is 11.6 Å². The summed E-state index contributed by atoms with van der Waals surface area (Å²) in [6.07, 6.45) is 8.91. The molecule has 0 radical (unpaired) electrons. The van der Waals surface area contributed by atoms with Crippen molar-refractivity contribution in [2.45, 2.75) is 17.9 Å². The molecule has 1 N–H and O–H groups in total. The molecule has 0 spiro atoms. The van der Waals surface area contributed by atoms with Crippen molar-refractivity contribution in [3.63, 3.8) is 0 Å². The average Bonchev–Trinajstić information content (AvgIpc) is 3.24. The van der Waals surface area contributed by atoms with Crippen molar-refractivity contribution in [3.8, 4) is 0 Å². The van der Waals surface area contributed by atoms with Gasteiger partial charge in [-0.3, -0.25) is 4.98 Å². The summed E-state index contributed by atoms with van der Waals surface area (Å²) in [5.41, 5.74) is 3.09. The van der Waals surface area contributed by atoms with Gasteiger partial charge in [0.1, 0.15) is 5.82 Å². The van der Waals surface area contributed by atoms with E-state index in [-0.39, 0.29) is 4.90 Å². The summed E-state index contributed by atoms with van der Waals surface area (Å²) in [5, 5.41) is 4.67. The van der Waals surface area contributed by atoms with Crippen molar-refractivity contribution >= 4 is 38.5 Å². The molecule has 5 rings (SSSR count). The number of nitrogens with one attached hydrogen (secondary N) is 1. The van der Waals surface area contributed by atoms with Crippen LogP contribution in [0, 0.1) is 0 Å². The van der Waals surface area contributed by atoms with Gasteiger partial charge in [-0.2, -0.15) is 0 Å². The maximum absolute atomic E-state index is 13.3. The molecule has 9 heteroatoms. The van der Waals surface area contributed by atoms with Gasteiger partial charge < -0.3 is 5.32 Å². The lowest BCUT2D eigenvalue weighted by atomic mass is 10.1. The van der Waals surface area contributed by atoms with E-state index in [1.54, 1.807) is 73.4 Å². The molecule has 34 heavy (non-hydrogen) atoms. The fourth-order valence-electron chi connectivity index (χ4n) is 3.71. The fraction of sp³-hybridized carbons (Fsp3) is 0.0800. The molecule has 0 fully saturated rings. The normalized spacial score (nSPS) is 11.6. The third-order valence-electron chi connectivity index (χ3n) is 5.44. The van der Waals surface area contributed by atoms with E-state index in [1.165, 1.54) is 3.97 Å². The van der Waals surface area contributed by atoms with Gasteiger partial charge in [0.2, 0.25) is 0 Å². The lowest BCUT2D eigenvalue weighted by Crippen LogP contribution is -2.12. The van der Waals surface area contributed by atoms with Crippen molar-refractivity contribution in [1.82, 2.24) is 18.9 Å². The highest BCUT2D eigenvalue weighted by molar-refractivity contribution is 7.90. The highest BCUT2D eigenvalue weighted by atomic mass is 35.5. The maximum Gasteiger partial charge on any atom is 0.269 e. The van der Waals surface area contributed by atoms with Gasteiger partial charge in [0.15, 0.2) is 5.65 Å². The molecule has 7 nitrogen and oxygen atoms in total. The first-order chi connectivity index (χ1) is 16.5. The summed E-state index contributed by atoms with van der Waals surface area (Å²) in [6, 6.07) is 17.6. The highest BCUT2D eigenvalue weighted by Gasteiger charge is 2.22. The van der Waals surface area contributed by atoms with Gasteiger partial charge in [-0.25, -0.2) is 22.4 Å². The smallest absolute Gasteiger partial charge is 0.269 e. The monoisotopic (exact) mass is 489 g/mol. The molecule has 0 amide bonds. The highest BCUT2D eigenvalue weighted by Crippen LogP contribution is 2.26. The minimum atomic E-state index is -3.77. The lowest BCUT2D eigenvalue weighted by Gasteiger charge is -2.08. The first-order valence-corrected chi connectivity index (χ1v) is 12.4. The molecule has 0 saturated heterocycles. The van der Waals surface area contributed by atoms with Gasteiger partial charge in [0.05, 0.1) is 4.90 Å². The minimum Gasteiger partial charge on any atom is -0.366 e. The van der Waals surface area contributed by atoms with Crippen molar-refractivity contribution in [2.75, 3.05) is 5.32 Å². The van der Waals surface area contributed by atoms with Crippen LogP contribution in [0.4, 0.5) is 5.82 Å². The van der Waals surface area contributed by atoms with E-state index in [0.717, 1.165) is 22.1 Å². The summed E-state index contributed by atoms with van der Waals surface area (Å²) in [7, 11) is -3.77. The van der Waals surface area contributed by atoms with E-state index < -0.39 is 10.0 Å². The zero-order valence-corrected chi connectivity index (χ0v) is 19.5. The Morgan fingerprint density at radius 1 is 0.882 bits per heavy atom. The maximum atomic E-state index is 13.3. The molecule has 0 unspecified atom stereocenters. The average molecular weight is 490 g/mol. The zero-order valence-electron chi connectivity index (χ0n) is 18.0. The van der Waals surface area contributed by atoms with Gasteiger partial charge in [-0.1, -0.05) is 35.9 Å². The van der Waals surface area contributed by atoms with E-state index in [1.807, 2.05) is 18.2 Å². The van der Waals surface area contributed by atoms with E-state index in [2.05, 4.69) is 20.3 Å². The Morgan fingerprint density at radius 3 is 2.50 bits per heavy atom. The second kappa shape index (κ2) is 9.24. The molecule has 5 aromatic rings. The predicted molar refractivity (Wildman–Crippen MR) is 132 cm³/mol. The molecule has 4 heterocycles. The van der Waals surface area contributed by atoms with Crippen LogP contribution in [-0.4, -0.2) is 27.3 Å². The molecular formula is C25H20ClN5O2S. The summed E-state index contributed by atoms with van der Waals surface area (Å²) < 4.78 is 27.8. The van der Waals surface area contributed by atoms with E-state index in [9.17, 15) is 8.42 Å². The first kappa shape index (κ1) is 22.1. The van der Waals surface area contributed by atoms with Gasteiger partial charge in [0, 0.05) is 59.9 Å². The Kier molecular flexibility index (Phi) is 6.00. The Morgan fingerprint density at radius 2 is 1.74 bits per heavy atom. The number of aromatic nitrogens is 4. The molecule has 4 aromatic heterocycles. The molecule has 1 aromatic carbocycles. The van der Waals surface area contributed by atoms with Crippen molar-refractivity contribution in [3.05, 3.63) is 113 Å². The van der Waals surface area contributed by atoms with Crippen molar-refractivity contribution < 1.29 is 8.42 Å². The second-order valence-electron chi connectivity index (χ2n) is 7.69. The zero-order chi connectivity index (χ0) is 23.5. The molecule has 0 bridgehead atoms. The van der Waals surface area contributed by atoms with Crippen LogP contribution in [-0.2, 0) is 23.0 Å². The van der Waals surface area contributed by atoms with Crippen LogP contribution in [0.25, 0.3) is 11.0 Å². The molecular weight excluding hydrogens is 470 g/mol. The molecule has 0 aliphatic heterocycles. The molecule has 0 aliphatic carbocycles. The lowest BCUT2D eigenvalue weighted by molar-refractivity contribution is 0.588. The molecule has 0 saturated carbocycles. The van der Waals surface area contributed by atoms with Gasteiger partial charge >= 0.3 is 0 Å². The van der Waals surface area contributed by atoms with Crippen LogP contribution < -0.4 is 5.32 Å². The Balaban J connectivity index is 1.40. The number of pyridine rings is 3. The minimum absolute atomic E-state index is 0.218. The Labute approximate surface area is 202 Å². The molecule has 170 valence electrons. The number of hydrogen-bond acceptors (Lipinski definition) is 6. The number of rotatable bonds is 7. The number of anilines is 1. The van der Waals surface area contributed by atoms with Crippen molar-refractivity contribution in [2.24, 2.45) is 0 Å². The Bertz CT molecular complexity index is 1550. The standard InChI is InChI=1S/C25H20ClN5O2S/c26-23-10-12-27-15-20(23)16-30-24-9-8-18(14-29-24)13-19-17-31(25-22(19)7-4-11-28-25)34(32,33)21-5-2-1-3-6-21/h1-12,14-15,17H,13,16H2,(H,29,30). The van der Waals surface area contributed by atoms with Gasteiger partial charge in [-0.15, -0.1) is 0 Å². The van der Waals surface area contributed by atoms with Gasteiger partial charge in [0.25, 0.3) is 10.0 Å². The third-order valence-corrected chi connectivity index (χ3v) is 7.47. The summed E-state index contributed by atoms with van der Waals surface area (Å²) in [6.45, 7) is 0.509. The number of fused-ring (bicyclic) bond motifs is 1. The number of hydrogen-bond donors (Lipinski definition) is 1. The third kappa shape index (κ3) is 4.37. The van der Waals surface area contributed by atoms with E-state index in [0.29, 0.717) is 29.5 Å². The number of halogens is 1. The second-order valence-corrected chi connectivity index (χ2v) is 9.91. The number of nitrogens with zero attached hydrogens (tertiary/aromatic N) is 4. The van der Waals surface area contributed by atoms with Crippen LogP contribution in [0.15, 0.2) is 96.5 Å². The number of benzene rings is 1. The summed E-state index contributed by atoms with van der Waals surface area (Å²) in [5.74, 6) is 0.708. The molecule has 0 atom stereocenters. The predicted octanol–water partition coefficient (Wildman–Crippen LogP) is 4.92. The van der Waals surface area contributed by atoms with Crippen molar-refractivity contribution in [1.29, 1.82) is 0 Å². The van der Waals surface area contributed by atoms with Crippen LogP contribution >= 0.6 is 11.6 Å². The van der Waals surface area contributed by atoms with Crippen LogP contribution in [0.2, 0.25) is 5.02 Å². The van der Waals surface area contributed by atoms with E-state index >= 15 is 0 Å². The van der Waals surface area contributed by atoms with Gasteiger partial charge in [-0.05, 0) is 47.5 Å². The quantitative estimate of drug-likeness (QED) is 0.349. The summed E-state index contributed by atoms with van der Waals surface area (Å²) >= 11 is 6.18. The Hall–Kier alpha value is -3.75. The van der Waals surface area contributed by atoms with Crippen LogP contribution in [0.1, 0.15) is 16.7 Å².